The predicted molar refractivity (Wildman–Crippen MR) is 32.8 cm³/mol. The van der Waals surface area contributed by atoms with E-state index in [0.29, 0.717) is 0 Å². The van der Waals surface area contributed by atoms with E-state index in [4.69, 9.17) is 0 Å². The summed E-state index contributed by atoms with van der Waals surface area (Å²) in [4.78, 5) is 0. The summed E-state index contributed by atoms with van der Waals surface area (Å²) in [6, 6.07) is 0. The molecule has 0 saturated carbocycles. The first-order chi connectivity index (χ1) is 4.52. The summed E-state index contributed by atoms with van der Waals surface area (Å²) in [5, 5.41) is 3.06. The Kier molecular flexibility index (Phi) is 3.18. The van der Waals surface area contributed by atoms with Crippen molar-refractivity contribution in [3.63, 3.8) is 0 Å². The second kappa shape index (κ2) is 3.43. The molecular weight excluding hydrogens is 145 g/mol. The highest BCUT2D eigenvalue weighted by Gasteiger charge is 2.34. The van der Waals surface area contributed by atoms with E-state index in [1.54, 1.807) is 0 Å². The Morgan fingerprint density at radius 1 is 1.50 bits per heavy atom. The highest BCUT2D eigenvalue weighted by atomic mass is 19.4. The van der Waals surface area contributed by atoms with E-state index in [9.17, 15) is 13.2 Å². The molecule has 0 bridgehead atoms. The number of halogens is 3. The monoisotopic (exact) mass is 154 g/mol. The van der Waals surface area contributed by atoms with Crippen LogP contribution in [0.3, 0.4) is 0 Å². The third-order valence-electron chi connectivity index (χ3n) is 0.909. The van der Waals surface area contributed by atoms with Gasteiger partial charge in [-0.2, -0.15) is 18.3 Å². The van der Waals surface area contributed by atoms with E-state index in [1.807, 2.05) is 0 Å². The molecular formula is C5H9F3N2. The molecule has 0 heterocycles. The van der Waals surface area contributed by atoms with Crippen LogP contribution >= 0.6 is 0 Å². The smallest absolute Gasteiger partial charge is 0.313 e. The summed E-state index contributed by atoms with van der Waals surface area (Å²) in [5.41, 5.74) is 1.31. The van der Waals surface area contributed by atoms with E-state index in [2.05, 4.69) is 10.5 Å². The molecule has 0 aliphatic carbocycles. The van der Waals surface area contributed by atoms with E-state index >= 15 is 0 Å². The Morgan fingerprint density at radius 3 is 2.10 bits per heavy atom. The van der Waals surface area contributed by atoms with Crippen molar-refractivity contribution in [2.45, 2.75) is 19.5 Å². The molecule has 0 spiro atoms. The van der Waals surface area contributed by atoms with Gasteiger partial charge < -0.3 is 5.43 Å². The van der Waals surface area contributed by atoms with Crippen molar-refractivity contribution in [3.8, 4) is 0 Å². The quantitative estimate of drug-likeness (QED) is 0.473. The van der Waals surface area contributed by atoms with Gasteiger partial charge in [-0.15, -0.1) is 0 Å². The van der Waals surface area contributed by atoms with Crippen LogP contribution in [0, 0.1) is 0 Å². The van der Waals surface area contributed by atoms with Gasteiger partial charge in [0.15, 0.2) is 0 Å². The summed E-state index contributed by atoms with van der Waals surface area (Å²) < 4.78 is 35.2. The molecule has 1 N–H and O–H groups in total. The molecule has 0 aliphatic rings. The normalized spacial score (nSPS) is 13.5. The van der Waals surface area contributed by atoms with Gasteiger partial charge in [0.1, 0.15) is 5.71 Å². The zero-order chi connectivity index (χ0) is 8.20. The van der Waals surface area contributed by atoms with Crippen LogP contribution in [0.5, 0.6) is 0 Å². The van der Waals surface area contributed by atoms with Gasteiger partial charge in [0.05, 0.1) is 0 Å². The fourth-order valence-corrected chi connectivity index (χ4v) is 0.478. The maximum Gasteiger partial charge on any atom is 0.431 e. The van der Waals surface area contributed by atoms with Crippen LogP contribution in [0.2, 0.25) is 0 Å². The third-order valence-corrected chi connectivity index (χ3v) is 0.909. The Labute approximate surface area is 57.1 Å². The van der Waals surface area contributed by atoms with E-state index in [1.165, 1.54) is 14.0 Å². The molecule has 60 valence electrons. The van der Waals surface area contributed by atoms with Gasteiger partial charge in [0, 0.05) is 7.05 Å². The average Bonchev–Trinajstić information content (AvgIpc) is 1.80. The number of alkyl halides is 3. The van der Waals surface area contributed by atoms with Crippen molar-refractivity contribution in [1.29, 1.82) is 0 Å². The summed E-state index contributed by atoms with van der Waals surface area (Å²) >= 11 is 0. The predicted octanol–water partition coefficient (Wildman–Crippen LogP) is 1.53. The van der Waals surface area contributed by atoms with Gasteiger partial charge in [0.25, 0.3) is 0 Å². The number of nitrogens with zero attached hydrogens (tertiary/aromatic N) is 1. The summed E-state index contributed by atoms with van der Waals surface area (Å²) in [7, 11) is 1.33. The van der Waals surface area contributed by atoms with Crippen LogP contribution in [0.4, 0.5) is 13.2 Å². The first-order valence-corrected chi connectivity index (χ1v) is 2.82. The summed E-state index contributed by atoms with van der Waals surface area (Å²) in [5.74, 6) is 0. The van der Waals surface area contributed by atoms with Crippen LogP contribution in [0.15, 0.2) is 5.10 Å². The average molecular weight is 154 g/mol. The molecule has 10 heavy (non-hydrogen) atoms. The number of hydrogen-bond acceptors (Lipinski definition) is 2. The molecule has 0 aromatic rings. The van der Waals surface area contributed by atoms with E-state index in [0.717, 1.165) is 0 Å². The molecule has 0 fully saturated rings. The molecule has 0 aromatic heterocycles. The van der Waals surface area contributed by atoms with Crippen molar-refractivity contribution >= 4 is 5.71 Å². The highest BCUT2D eigenvalue weighted by molar-refractivity contribution is 5.89. The van der Waals surface area contributed by atoms with Crippen molar-refractivity contribution < 1.29 is 13.2 Å². The van der Waals surface area contributed by atoms with Crippen LogP contribution < -0.4 is 5.43 Å². The molecule has 0 saturated heterocycles. The van der Waals surface area contributed by atoms with Crippen molar-refractivity contribution in [1.82, 2.24) is 5.43 Å². The lowest BCUT2D eigenvalue weighted by Gasteiger charge is -2.06. The number of nitrogens with one attached hydrogen (secondary N) is 1. The van der Waals surface area contributed by atoms with Crippen molar-refractivity contribution in [3.05, 3.63) is 0 Å². The molecule has 0 rings (SSSR count). The van der Waals surface area contributed by atoms with Crippen LogP contribution in [0.1, 0.15) is 13.3 Å². The number of hydrazone groups is 1. The maximum atomic E-state index is 11.7. The SMILES string of the molecule is CC/C(=N\NC)C(F)(F)F. The Morgan fingerprint density at radius 2 is 2.00 bits per heavy atom. The summed E-state index contributed by atoms with van der Waals surface area (Å²) in [6.45, 7) is 1.41. The van der Waals surface area contributed by atoms with Gasteiger partial charge in [0.2, 0.25) is 0 Å². The lowest BCUT2D eigenvalue weighted by atomic mass is 10.3. The maximum absolute atomic E-state index is 11.7. The minimum atomic E-state index is -4.29. The second-order valence-electron chi connectivity index (χ2n) is 1.63. The van der Waals surface area contributed by atoms with Gasteiger partial charge in [-0.25, -0.2) is 0 Å². The Bertz CT molecular complexity index is 127. The minimum absolute atomic E-state index is 0.107. The molecule has 0 atom stereocenters. The van der Waals surface area contributed by atoms with E-state index < -0.39 is 11.9 Å². The molecule has 0 aliphatic heterocycles. The lowest BCUT2D eigenvalue weighted by Crippen LogP contribution is -2.24. The minimum Gasteiger partial charge on any atom is -0.313 e. The molecule has 0 unspecified atom stereocenters. The van der Waals surface area contributed by atoms with Gasteiger partial charge in [-0.3, -0.25) is 0 Å². The Balaban J connectivity index is 4.21. The number of rotatable bonds is 2. The van der Waals surface area contributed by atoms with Crippen molar-refractivity contribution in [2.24, 2.45) is 5.10 Å². The lowest BCUT2D eigenvalue weighted by molar-refractivity contribution is -0.0606. The highest BCUT2D eigenvalue weighted by Crippen LogP contribution is 2.18. The second-order valence-corrected chi connectivity index (χ2v) is 1.63. The molecule has 0 aromatic carbocycles. The third kappa shape index (κ3) is 2.70. The fourth-order valence-electron chi connectivity index (χ4n) is 0.478. The van der Waals surface area contributed by atoms with Gasteiger partial charge in [-0.1, -0.05) is 6.92 Å². The van der Waals surface area contributed by atoms with Crippen LogP contribution in [-0.4, -0.2) is 18.9 Å². The largest absolute Gasteiger partial charge is 0.431 e. The van der Waals surface area contributed by atoms with Crippen molar-refractivity contribution in [2.75, 3.05) is 7.05 Å². The molecule has 5 heteroatoms. The Hall–Kier alpha value is -0.740. The summed E-state index contributed by atoms with van der Waals surface area (Å²) in [6.07, 6.45) is -4.40. The van der Waals surface area contributed by atoms with Gasteiger partial charge in [-0.05, 0) is 6.42 Å². The van der Waals surface area contributed by atoms with Crippen LogP contribution in [0.25, 0.3) is 0 Å². The molecule has 2 nitrogen and oxygen atoms in total. The first kappa shape index (κ1) is 9.26. The number of hydrogen-bond donors (Lipinski definition) is 1. The van der Waals surface area contributed by atoms with Gasteiger partial charge >= 0.3 is 6.18 Å². The fraction of sp³-hybridized carbons (Fsp3) is 0.800. The molecule has 0 amide bonds. The van der Waals surface area contributed by atoms with Crippen LogP contribution in [-0.2, 0) is 0 Å². The zero-order valence-corrected chi connectivity index (χ0v) is 5.79. The topological polar surface area (TPSA) is 24.4 Å². The standard InChI is InChI=1S/C5H9F3N2/c1-3-4(10-9-2)5(6,7)8/h9H,3H2,1-2H3/b10-4+. The molecule has 0 radical (unpaired) electrons. The first-order valence-electron chi connectivity index (χ1n) is 2.82. The zero-order valence-electron chi connectivity index (χ0n) is 5.79. The van der Waals surface area contributed by atoms with E-state index in [-0.39, 0.29) is 6.42 Å².